The summed E-state index contributed by atoms with van der Waals surface area (Å²) in [6.07, 6.45) is 0. The molecule has 0 saturated carbocycles. The Morgan fingerprint density at radius 2 is 1.89 bits per heavy atom. The van der Waals surface area contributed by atoms with Crippen LogP contribution in [0.3, 0.4) is 0 Å². The van der Waals surface area contributed by atoms with Gasteiger partial charge in [0.05, 0.1) is 0 Å². The molecular formula is C14H22N2O3. The number of nitrogens with one attached hydrogen (secondary N) is 1. The van der Waals surface area contributed by atoms with E-state index in [0.717, 1.165) is 6.54 Å². The molecule has 106 valence electrons. The molecule has 1 aromatic rings. The van der Waals surface area contributed by atoms with Crippen LogP contribution in [0, 0.1) is 5.92 Å². The Kier molecular flexibility index (Phi) is 5.18. The summed E-state index contributed by atoms with van der Waals surface area (Å²) < 4.78 is 0. The first-order valence-electron chi connectivity index (χ1n) is 6.28. The molecule has 0 aliphatic carbocycles. The predicted molar refractivity (Wildman–Crippen MR) is 74.4 cm³/mol. The van der Waals surface area contributed by atoms with Crippen molar-refractivity contribution in [3.63, 3.8) is 0 Å². The SMILES string of the molecule is CC(C)C(CN(C)C)NC(=O)c1ccc(O)c(O)c1. The molecule has 0 saturated heterocycles. The number of hydrogen-bond acceptors (Lipinski definition) is 4. The van der Waals surface area contributed by atoms with Crippen LogP contribution in [-0.4, -0.2) is 47.7 Å². The molecule has 3 N–H and O–H groups in total. The highest BCUT2D eigenvalue weighted by Gasteiger charge is 2.18. The number of amides is 1. The molecule has 0 aromatic heterocycles. The lowest BCUT2D eigenvalue weighted by Gasteiger charge is -2.25. The molecule has 0 heterocycles. The van der Waals surface area contributed by atoms with E-state index in [0.29, 0.717) is 11.5 Å². The number of nitrogens with zero attached hydrogens (tertiary/aromatic N) is 1. The number of hydrogen-bond donors (Lipinski definition) is 3. The molecule has 0 aliphatic heterocycles. The fraction of sp³-hybridized carbons (Fsp3) is 0.500. The van der Waals surface area contributed by atoms with Gasteiger partial charge < -0.3 is 20.4 Å². The van der Waals surface area contributed by atoms with E-state index in [-0.39, 0.29) is 23.4 Å². The Morgan fingerprint density at radius 1 is 1.26 bits per heavy atom. The summed E-state index contributed by atoms with van der Waals surface area (Å²) in [6, 6.07) is 4.08. The average molecular weight is 266 g/mol. The first-order valence-corrected chi connectivity index (χ1v) is 6.28. The van der Waals surface area contributed by atoms with Gasteiger partial charge in [-0.1, -0.05) is 13.8 Å². The van der Waals surface area contributed by atoms with Crippen LogP contribution in [0.25, 0.3) is 0 Å². The number of carbonyl (C=O) groups excluding carboxylic acids is 1. The van der Waals surface area contributed by atoms with Crippen LogP contribution in [-0.2, 0) is 0 Å². The summed E-state index contributed by atoms with van der Waals surface area (Å²) in [5, 5.41) is 21.6. The smallest absolute Gasteiger partial charge is 0.251 e. The number of phenolic OH excluding ortho intramolecular Hbond substituents is 2. The lowest BCUT2D eigenvalue weighted by molar-refractivity contribution is 0.0916. The second-order valence-electron chi connectivity index (χ2n) is 5.29. The minimum absolute atomic E-state index is 0.0263. The Hall–Kier alpha value is -1.75. The van der Waals surface area contributed by atoms with Crippen LogP contribution in [0.2, 0.25) is 0 Å². The van der Waals surface area contributed by atoms with E-state index in [2.05, 4.69) is 5.32 Å². The van der Waals surface area contributed by atoms with E-state index < -0.39 is 0 Å². The Balaban J connectivity index is 2.78. The van der Waals surface area contributed by atoms with Gasteiger partial charge in [-0.2, -0.15) is 0 Å². The van der Waals surface area contributed by atoms with Crippen molar-refractivity contribution >= 4 is 5.91 Å². The molecule has 1 rings (SSSR count). The van der Waals surface area contributed by atoms with E-state index in [9.17, 15) is 15.0 Å². The lowest BCUT2D eigenvalue weighted by Crippen LogP contribution is -2.44. The summed E-state index contributed by atoms with van der Waals surface area (Å²) in [4.78, 5) is 14.1. The third kappa shape index (κ3) is 4.44. The van der Waals surface area contributed by atoms with Crippen molar-refractivity contribution in [3.8, 4) is 11.5 Å². The van der Waals surface area contributed by atoms with E-state index in [4.69, 9.17) is 0 Å². The third-order valence-corrected chi connectivity index (χ3v) is 2.92. The zero-order valence-corrected chi connectivity index (χ0v) is 11.8. The zero-order valence-electron chi connectivity index (χ0n) is 11.8. The molecule has 19 heavy (non-hydrogen) atoms. The predicted octanol–water partition coefficient (Wildman–Crippen LogP) is 1.41. The van der Waals surface area contributed by atoms with E-state index in [1.54, 1.807) is 0 Å². The molecule has 0 fully saturated rings. The zero-order chi connectivity index (χ0) is 14.6. The molecule has 1 atom stereocenters. The molecule has 5 nitrogen and oxygen atoms in total. The number of aromatic hydroxyl groups is 2. The monoisotopic (exact) mass is 266 g/mol. The maximum absolute atomic E-state index is 12.1. The Labute approximate surface area is 113 Å². The molecule has 1 amide bonds. The number of likely N-dealkylation sites (N-methyl/N-ethyl adjacent to an activating group) is 1. The van der Waals surface area contributed by atoms with Crippen molar-refractivity contribution in [1.29, 1.82) is 0 Å². The van der Waals surface area contributed by atoms with Crippen LogP contribution in [0.5, 0.6) is 11.5 Å². The first kappa shape index (κ1) is 15.3. The van der Waals surface area contributed by atoms with Crippen LogP contribution in [0.15, 0.2) is 18.2 Å². The van der Waals surface area contributed by atoms with Crippen LogP contribution in [0.1, 0.15) is 24.2 Å². The van der Waals surface area contributed by atoms with Gasteiger partial charge in [-0.25, -0.2) is 0 Å². The van der Waals surface area contributed by atoms with E-state index >= 15 is 0 Å². The maximum Gasteiger partial charge on any atom is 0.251 e. The van der Waals surface area contributed by atoms with Crippen LogP contribution in [0.4, 0.5) is 0 Å². The lowest BCUT2D eigenvalue weighted by atomic mass is 10.0. The Bertz CT molecular complexity index is 444. The molecule has 0 radical (unpaired) electrons. The third-order valence-electron chi connectivity index (χ3n) is 2.92. The van der Waals surface area contributed by atoms with E-state index in [1.807, 2.05) is 32.8 Å². The second kappa shape index (κ2) is 6.43. The molecule has 5 heteroatoms. The highest BCUT2D eigenvalue weighted by Crippen LogP contribution is 2.24. The number of carbonyl (C=O) groups is 1. The van der Waals surface area contributed by atoms with Gasteiger partial charge in [0.15, 0.2) is 11.5 Å². The number of phenols is 2. The quantitative estimate of drug-likeness (QED) is 0.705. The largest absolute Gasteiger partial charge is 0.504 e. The van der Waals surface area contributed by atoms with Gasteiger partial charge in [-0.05, 0) is 38.2 Å². The highest BCUT2D eigenvalue weighted by molar-refractivity contribution is 5.95. The van der Waals surface area contributed by atoms with Crippen molar-refractivity contribution in [2.24, 2.45) is 5.92 Å². The molecule has 0 bridgehead atoms. The van der Waals surface area contributed by atoms with Crippen molar-refractivity contribution < 1.29 is 15.0 Å². The molecule has 0 aliphatic rings. The summed E-state index contributed by atoms with van der Waals surface area (Å²) in [5.41, 5.74) is 0.333. The highest BCUT2D eigenvalue weighted by atomic mass is 16.3. The van der Waals surface area contributed by atoms with Crippen LogP contribution < -0.4 is 5.32 Å². The van der Waals surface area contributed by atoms with Gasteiger partial charge in [0.1, 0.15) is 0 Å². The van der Waals surface area contributed by atoms with Crippen molar-refractivity contribution in [3.05, 3.63) is 23.8 Å². The molecule has 1 aromatic carbocycles. The second-order valence-corrected chi connectivity index (χ2v) is 5.29. The van der Waals surface area contributed by atoms with Crippen LogP contribution >= 0.6 is 0 Å². The van der Waals surface area contributed by atoms with Crippen molar-refractivity contribution in [2.45, 2.75) is 19.9 Å². The van der Waals surface area contributed by atoms with Crippen molar-refractivity contribution in [1.82, 2.24) is 10.2 Å². The van der Waals surface area contributed by atoms with Gasteiger partial charge in [0, 0.05) is 18.2 Å². The number of rotatable bonds is 5. The van der Waals surface area contributed by atoms with Gasteiger partial charge in [0.25, 0.3) is 5.91 Å². The summed E-state index contributed by atoms with van der Waals surface area (Å²) in [5.74, 6) is -0.473. The standard InChI is InChI=1S/C14H22N2O3/c1-9(2)11(8-16(3)4)15-14(19)10-5-6-12(17)13(18)7-10/h5-7,9,11,17-18H,8H2,1-4H3,(H,15,19). The van der Waals surface area contributed by atoms with E-state index in [1.165, 1.54) is 18.2 Å². The summed E-state index contributed by atoms with van der Waals surface area (Å²) in [7, 11) is 3.90. The van der Waals surface area contributed by atoms with Gasteiger partial charge in [-0.15, -0.1) is 0 Å². The first-order chi connectivity index (χ1) is 8.81. The maximum atomic E-state index is 12.1. The Morgan fingerprint density at radius 3 is 2.37 bits per heavy atom. The topological polar surface area (TPSA) is 72.8 Å². The summed E-state index contributed by atoms with van der Waals surface area (Å²) in [6.45, 7) is 4.83. The van der Waals surface area contributed by atoms with Gasteiger partial charge in [0.2, 0.25) is 0 Å². The fourth-order valence-electron chi connectivity index (χ4n) is 1.73. The fourth-order valence-corrected chi connectivity index (χ4v) is 1.73. The molecule has 0 spiro atoms. The minimum atomic E-state index is -0.290. The normalized spacial score (nSPS) is 12.7. The molecular weight excluding hydrogens is 244 g/mol. The van der Waals surface area contributed by atoms with Gasteiger partial charge in [-0.3, -0.25) is 4.79 Å². The minimum Gasteiger partial charge on any atom is -0.504 e. The molecule has 1 unspecified atom stereocenters. The number of benzene rings is 1. The van der Waals surface area contributed by atoms with Crippen molar-refractivity contribution in [2.75, 3.05) is 20.6 Å². The van der Waals surface area contributed by atoms with Gasteiger partial charge >= 0.3 is 0 Å². The summed E-state index contributed by atoms with van der Waals surface area (Å²) >= 11 is 0. The average Bonchev–Trinajstić information content (AvgIpc) is 2.31.